The van der Waals surface area contributed by atoms with Gasteiger partial charge in [0.2, 0.25) is 0 Å². The predicted molar refractivity (Wildman–Crippen MR) is 41.6 cm³/mol. The topological polar surface area (TPSA) is 72.6 Å². The van der Waals surface area contributed by atoms with E-state index in [-0.39, 0.29) is 11.6 Å². The van der Waals surface area contributed by atoms with Gasteiger partial charge < -0.3 is 15.6 Å². The van der Waals surface area contributed by atoms with Crippen LogP contribution in [0.4, 0.5) is 0 Å². The standard InChI is InChI=1S/C8H13NO3/c1-5(9)8-2-7(3-8,4-12-8)6(10)11/h5H,2-4,9H2,1H3,(H,10,11). The molecule has 1 saturated carbocycles. The van der Waals surface area contributed by atoms with Crippen molar-refractivity contribution in [2.24, 2.45) is 11.1 Å². The quantitative estimate of drug-likeness (QED) is 0.611. The van der Waals surface area contributed by atoms with Crippen LogP contribution < -0.4 is 5.73 Å². The Labute approximate surface area is 70.7 Å². The summed E-state index contributed by atoms with van der Waals surface area (Å²) in [5.74, 6) is -0.740. The molecule has 3 aliphatic rings. The van der Waals surface area contributed by atoms with Gasteiger partial charge in [-0.05, 0) is 19.8 Å². The van der Waals surface area contributed by atoms with Gasteiger partial charge in [0, 0.05) is 6.04 Å². The lowest BCUT2D eigenvalue weighted by Gasteiger charge is -2.44. The monoisotopic (exact) mass is 171 g/mol. The first-order valence-corrected chi connectivity index (χ1v) is 4.14. The molecule has 4 heteroatoms. The number of aliphatic carboxylic acids is 1. The van der Waals surface area contributed by atoms with Crippen molar-refractivity contribution in [3.63, 3.8) is 0 Å². The molecule has 0 aromatic rings. The second-order valence-electron chi connectivity index (χ2n) is 4.08. The lowest BCUT2D eigenvalue weighted by molar-refractivity contribution is -0.154. The third-order valence-electron chi connectivity index (χ3n) is 3.19. The van der Waals surface area contributed by atoms with E-state index in [1.165, 1.54) is 0 Å². The van der Waals surface area contributed by atoms with E-state index in [2.05, 4.69) is 0 Å². The van der Waals surface area contributed by atoms with Gasteiger partial charge in [-0.25, -0.2) is 0 Å². The molecule has 1 atom stereocenters. The molecule has 2 heterocycles. The van der Waals surface area contributed by atoms with Crippen LogP contribution in [0.3, 0.4) is 0 Å². The average Bonchev–Trinajstić information content (AvgIpc) is 2.37. The fourth-order valence-electron chi connectivity index (χ4n) is 2.25. The van der Waals surface area contributed by atoms with Crippen LogP contribution in [0, 0.1) is 5.41 Å². The summed E-state index contributed by atoms with van der Waals surface area (Å²) in [7, 11) is 0. The molecule has 0 aromatic carbocycles. The maximum absolute atomic E-state index is 10.8. The number of carbonyl (C=O) groups is 1. The van der Waals surface area contributed by atoms with Gasteiger partial charge in [0.25, 0.3) is 0 Å². The Morgan fingerprint density at radius 3 is 2.50 bits per heavy atom. The molecule has 2 aliphatic heterocycles. The molecule has 0 aromatic heterocycles. The molecule has 0 spiro atoms. The molecule has 4 nitrogen and oxygen atoms in total. The first kappa shape index (κ1) is 8.01. The molecule has 0 radical (unpaired) electrons. The zero-order chi connectivity index (χ0) is 8.98. The normalized spacial score (nSPS) is 46.8. The molecule has 3 N–H and O–H groups in total. The molecular formula is C8H13NO3. The summed E-state index contributed by atoms with van der Waals surface area (Å²) in [6.07, 6.45) is 1.18. The van der Waals surface area contributed by atoms with Crippen LogP contribution in [0.1, 0.15) is 19.8 Å². The summed E-state index contributed by atoms with van der Waals surface area (Å²) in [6, 6.07) is -0.0625. The molecule has 1 aliphatic carbocycles. The van der Waals surface area contributed by atoms with Gasteiger partial charge in [0.15, 0.2) is 0 Å². The van der Waals surface area contributed by atoms with Crippen LogP contribution >= 0.6 is 0 Å². The second-order valence-corrected chi connectivity index (χ2v) is 4.08. The highest BCUT2D eigenvalue weighted by Crippen LogP contribution is 2.58. The molecule has 2 bridgehead atoms. The van der Waals surface area contributed by atoms with Gasteiger partial charge in [0.05, 0.1) is 17.6 Å². The summed E-state index contributed by atoms with van der Waals surface area (Å²) in [6.45, 7) is 2.21. The Morgan fingerprint density at radius 1 is 1.67 bits per heavy atom. The minimum Gasteiger partial charge on any atom is -0.481 e. The zero-order valence-electron chi connectivity index (χ0n) is 7.04. The molecular weight excluding hydrogens is 158 g/mol. The van der Waals surface area contributed by atoms with Crippen LogP contribution in [-0.2, 0) is 9.53 Å². The SMILES string of the molecule is CC(N)C12CC(C(=O)O)(CO1)C2. The number of ether oxygens (including phenoxy) is 1. The van der Waals surface area contributed by atoms with Crippen molar-refractivity contribution < 1.29 is 14.6 Å². The summed E-state index contributed by atoms with van der Waals surface area (Å²) in [5, 5.41) is 8.89. The number of carboxylic acids is 1. The summed E-state index contributed by atoms with van der Waals surface area (Å²) >= 11 is 0. The van der Waals surface area contributed by atoms with E-state index >= 15 is 0 Å². The van der Waals surface area contributed by atoms with Crippen molar-refractivity contribution in [3.8, 4) is 0 Å². The average molecular weight is 171 g/mol. The van der Waals surface area contributed by atoms with Crippen LogP contribution in [0.5, 0.6) is 0 Å². The Balaban J connectivity index is 2.15. The van der Waals surface area contributed by atoms with E-state index in [1.807, 2.05) is 6.92 Å². The highest BCUT2D eigenvalue weighted by Gasteiger charge is 2.67. The van der Waals surface area contributed by atoms with E-state index in [9.17, 15) is 4.79 Å². The lowest BCUT2D eigenvalue weighted by atomic mass is 9.60. The van der Waals surface area contributed by atoms with E-state index in [4.69, 9.17) is 15.6 Å². The highest BCUT2D eigenvalue weighted by molar-refractivity contribution is 5.77. The zero-order valence-corrected chi connectivity index (χ0v) is 7.04. The third-order valence-corrected chi connectivity index (χ3v) is 3.19. The van der Waals surface area contributed by atoms with Crippen molar-refractivity contribution in [2.75, 3.05) is 6.61 Å². The summed E-state index contributed by atoms with van der Waals surface area (Å²) in [4.78, 5) is 10.8. The fraction of sp³-hybridized carbons (Fsp3) is 0.875. The molecule has 2 saturated heterocycles. The summed E-state index contributed by atoms with van der Waals surface area (Å²) in [5.41, 5.74) is 4.79. The molecule has 0 amide bonds. The fourth-order valence-corrected chi connectivity index (χ4v) is 2.25. The number of nitrogens with two attached hydrogens (primary N) is 1. The molecule has 3 rings (SSSR count). The van der Waals surface area contributed by atoms with E-state index in [1.54, 1.807) is 0 Å². The molecule has 3 fully saturated rings. The van der Waals surface area contributed by atoms with E-state index in [0.717, 1.165) is 0 Å². The van der Waals surface area contributed by atoms with Gasteiger partial charge in [0.1, 0.15) is 0 Å². The maximum atomic E-state index is 10.8. The van der Waals surface area contributed by atoms with Crippen molar-refractivity contribution in [1.29, 1.82) is 0 Å². The van der Waals surface area contributed by atoms with Gasteiger partial charge >= 0.3 is 5.97 Å². The number of rotatable bonds is 2. The molecule has 12 heavy (non-hydrogen) atoms. The first-order valence-electron chi connectivity index (χ1n) is 4.14. The van der Waals surface area contributed by atoms with E-state index in [0.29, 0.717) is 19.4 Å². The highest BCUT2D eigenvalue weighted by atomic mass is 16.5. The van der Waals surface area contributed by atoms with Gasteiger partial charge in [-0.3, -0.25) is 4.79 Å². The molecule has 1 unspecified atom stereocenters. The van der Waals surface area contributed by atoms with E-state index < -0.39 is 11.4 Å². The lowest BCUT2D eigenvalue weighted by Crippen LogP contribution is -2.57. The smallest absolute Gasteiger partial charge is 0.312 e. The van der Waals surface area contributed by atoms with Gasteiger partial charge in [-0.1, -0.05) is 0 Å². The van der Waals surface area contributed by atoms with Crippen molar-refractivity contribution in [2.45, 2.75) is 31.4 Å². The Morgan fingerprint density at radius 2 is 2.25 bits per heavy atom. The number of hydrogen-bond donors (Lipinski definition) is 2. The Bertz CT molecular complexity index is 230. The summed E-state index contributed by atoms with van der Waals surface area (Å²) < 4.78 is 5.43. The first-order chi connectivity index (χ1) is 5.51. The Kier molecular flexibility index (Phi) is 1.34. The number of carboxylic acid groups (broad SMARTS) is 1. The second kappa shape index (κ2) is 2.00. The minimum absolute atomic E-state index is 0.0625. The Hall–Kier alpha value is -0.610. The third kappa shape index (κ3) is 0.716. The van der Waals surface area contributed by atoms with Crippen LogP contribution in [-0.4, -0.2) is 29.3 Å². The van der Waals surface area contributed by atoms with Crippen molar-refractivity contribution in [1.82, 2.24) is 0 Å². The molecule has 68 valence electrons. The predicted octanol–water partition coefficient (Wildman–Crippen LogP) is -0.0326. The van der Waals surface area contributed by atoms with Crippen molar-refractivity contribution >= 4 is 5.97 Å². The largest absolute Gasteiger partial charge is 0.481 e. The maximum Gasteiger partial charge on any atom is 0.312 e. The van der Waals surface area contributed by atoms with Crippen LogP contribution in [0.15, 0.2) is 0 Å². The van der Waals surface area contributed by atoms with Crippen LogP contribution in [0.2, 0.25) is 0 Å². The minimum atomic E-state index is -0.740. The van der Waals surface area contributed by atoms with Crippen molar-refractivity contribution in [3.05, 3.63) is 0 Å². The number of hydrogen-bond acceptors (Lipinski definition) is 3. The van der Waals surface area contributed by atoms with Crippen LogP contribution in [0.25, 0.3) is 0 Å². The van der Waals surface area contributed by atoms with Gasteiger partial charge in [-0.2, -0.15) is 0 Å². The van der Waals surface area contributed by atoms with Gasteiger partial charge in [-0.15, -0.1) is 0 Å². The number of fused-ring (bicyclic) bond motifs is 1.